The molecule has 66 valence electrons. The molecule has 11 heavy (non-hydrogen) atoms. The molecule has 3 nitrogen and oxygen atoms in total. The van der Waals surface area contributed by atoms with E-state index in [1.165, 1.54) is 0 Å². The van der Waals surface area contributed by atoms with Crippen LogP contribution in [0.25, 0.3) is 0 Å². The highest BCUT2D eigenvalue weighted by atomic mass is 17.1. The molecule has 0 rings (SSSR count). The van der Waals surface area contributed by atoms with Crippen molar-refractivity contribution >= 4 is 0 Å². The van der Waals surface area contributed by atoms with Gasteiger partial charge in [-0.05, 0) is 18.4 Å². The molecule has 0 saturated heterocycles. The maximum Gasteiger partial charge on any atom is 0.139 e. The molecule has 2 unspecified atom stereocenters. The van der Waals surface area contributed by atoms with Crippen LogP contribution in [0.2, 0.25) is 0 Å². The highest BCUT2D eigenvalue weighted by Gasteiger charge is 2.23. The first kappa shape index (κ1) is 10.6. The minimum absolute atomic E-state index is 0.0452. The molecular weight excluding hydrogens is 144 g/mol. The fourth-order valence-electron chi connectivity index (χ4n) is 0.793. The van der Waals surface area contributed by atoms with Crippen LogP contribution in [0.5, 0.6) is 0 Å². The Labute approximate surface area is 67.2 Å². The Hall–Kier alpha value is -0.380. The third-order valence-corrected chi connectivity index (χ3v) is 1.59. The first-order valence-corrected chi connectivity index (χ1v) is 3.64. The first-order valence-electron chi connectivity index (χ1n) is 3.64. The predicted octanol–water partition coefficient (Wildman–Crippen LogP) is 1.44. The van der Waals surface area contributed by atoms with Crippen molar-refractivity contribution in [2.75, 3.05) is 0 Å². The summed E-state index contributed by atoms with van der Waals surface area (Å²) in [4.78, 5) is 4.09. The van der Waals surface area contributed by atoms with E-state index >= 15 is 0 Å². The van der Waals surface area contributed by atoms with E-state index in [4.69, 9.17) is 5.26 Å². The zero-order chi connectivity index (χ0) is 9.02. The Morgan fingerprint density at radius 3 is 2.00 bits per heavy atom. The second-order valence-electron chi connectivity index (χ2n) is 3.11. The minimum Gasteiger partial charge on any atom is -0.390 e. The van der Waals surface area contributed by atoms with E-state index in [1.807, 2.05) is 13.8 Å². The van der Waals surface area contributed by atoms with Gasteiger partial charge in [0.25, 0.3) is 0 Å². The highest BCUT2D eigenvalue weighted by Crippen LogP contribution is 2.14. The van der Waals surface area contributed by atoms with Crippen molar-refractivity contribution in [3.63, 3.8) is 0 Å². The summed E-state index contributed by atoms with van der Waals surface area (Å²) >= 11 is 0. The van der Waals surface area contributed by atoms with Gasteiger partial charge in [-0.1, -0.05) is 20.4 Å². The Morgan fingerprint density at radius 1 is 1.45 bits per heavy atom. The van der Waals surface area contributed by atoms with Gasteiger partial charge in [0.05, 0.1) is 6.10 Å². The van der Waals surface area contributed by atoms with E-state index in [0.717, 1.165) is 0 Å². The fourth-order valence-corrected chi connectivity index (χ4v) is 0.793. The average Bonchev–Trinajstić information content (AvgIpc) is 1.88. The van der Waals surface area contributed by atoms with E-state index in [9.17, 15) is 5.11 Å². The van der Waals surface area contributed by atoms with Gasteiger partial charge in [-0.15, -0.1) is 0 Å². The van der Waals surface area contributed by atoms with Crippen molar-refractivity contribution in [1.82, 2.24) is 0 Å². The van der Waals surface area contributed by atoms with Gasteiger partial charge in [-0.2, -0.15) is 0 Å². The summed E-state index contributed by atoms with van der Waals surface area (Å²) in [6, 6.07) is 0. The topological polar surface area (TPSA) is 49.7 Å². The van der Waals surface area contributed by atoms with Gasteiger partial charge in [0.2, 0.25) is 0 Å². The molecule has 0 amide bonds. The van der Waals surface area contributed by atoms with Crippen molar-refractivity contribution in [2.45, 2.75) is 33.0 Å². The zero-order valence-electron chi connectivity index (χ0n) is 7.24. The van der Waals surface area contributed by atoms with E-state index in [2.05, 4.69) is 11.5 Å². The molecule has 0 aliphatic rings. The van der Waals surface area contributed by atoms with Gasteiger partial charge >= 0.3 is 0 Å². The van der Waals surface area contributed by atoms with Crippen molar-refractivity contribution in [1.29, 1.82) is 0 Å². The second-order valence-corrected chi connectivity index (χ2v) is 3.11. The molecule has 0 spiro atoms. The third kappa shape index (κ3) is 3.01. The second kappa shape index (κ2) is 4.49. The Balaban J connectivity index is 4.14. The molecule has 0 aliphatic carbocycles. The molecule has 2 atom stereocenters. The molecule has 0 radical (unpaired) electrons. The molecule has 0 heterocycles. The standard InChI is InChI=1S/C8H16O3/c1-5(2)7(9)8(11-10)6(3)4/h5,7-10H,3H2,1-2,4H3. The molecule has 0 aromatic heterocycles. The predicted molar refractivity (Wildman–Crippen MR) is 43.2 cm³/mol. The average molecular weight is 160 g/mol. The van der Waals surface area contributed by atoms with E-state index in [1.54, 1.807) is 6.92 Å². The van der Waals surface area contributed by atoms with Gasteiger partial charge < -0.3 is 5.11 Å². The molecule has 0 fully saturated rings. The van der Waals surface area contributed by atoms with Crippen LogP contribution in [0.1, 0.15) is 20.8 Å². The lowest BCUT2D eigenvalue weighted by molar-refractivity contribution is -0.289. The maximum atomic E-state index is 9.41. The molecule has 3 heteroatoms. The van der Waals surface area contributed by atoms with Crippen molar-refractivity contribution in [3.8, 4) is 0 Å². The van der Waals surface area contributed by atoms with E-state index < -0.39 is 12.2 Å². The number of hydrogen-bond donors (Lipinski definition) is 2. The van der Waals surface area contributed by atoms with E-state index in [-0.39, 0.29) is 5.92 Å². The minimum atomic E-state index is -0.697. The lowest BCUT2D eigenvalue weighted by atomic mass is 9.98. The van der Waals surface area contributed by atoms with Crippen LogP contribution in [0, 0.1) is 5.92 Å². The van der Waals surface area contributed by atoms with Gasteiger partial charge in [-0.3, -0.25) is 5.26 Å². The molecule has 0 saturated carbocycles. The van der Waals surface area contributed by atoms with Crippen molar-refractivity contribution in [3.05, 3.63) is 12.2 Å². The van der Waals surface area contributed by atoms with Gasteiger partial charge in [0, 0.05) is 0 Å². The van der Waals surface area contributed by atoms with Crippen molar-refractivity contribution < 1.29 is 15.3 Å². The van der Waals surface area contributed by atoms with Gasteiger partial charge in [-0.25, -0.2) is 4.89 Å². The Bertz CT molecular complexity index is 131. The molecule has 0 aromatic carbocycles. The largest absolute Gasteiger partial charge is 0.390 e. The molecule has 0 aromatic rings. The van der Waals surface area contributed by atoms with Crippen molar-refractivity contribution in [2.24, 2.45) is 5.92 Å². The Morgan fingerprint density at radius 2 is 1.91 bits per heavy atom. The quantitative estimate of drug-likeness (QED) is 0.371. The number of hydrogen-bond acceptors (Lipinski definition) is 3. The number of rotatable bonds is 4. The normalized spacial score (nSPS) is 16.5. The summed E-state index contributed by atoms with van der Waals surface area (Å²) in [5, 5.41) is 17.8. The van der Waals surface area contributed by atoms with Gasteiger partial charge in [0.1, 0.15) is 6.10 Å². The third-order valence-electron chi connectivity index (χ3n) is 1.59. The number of aliphatic hydroxyl groups is 1. The van der Waals surface area contributed by atoms with Crippen LogP contribution in [-0.2, 0) is 4.89 Å². The molecule has 2 N–H and O–H groups in total. The van der Waals surface area contributed by atoms with E-state index in [0.29, 0.717) is 5.57 Å². The van der Waals surface area contributed by atoms with Crippen LogP contribution in [0.3, 0.4) is 0 Å². The summed E-state index contributed by atoms with van der Waals surface area (Å²) in [5.41, 5.74) is 0.619. The van der Waals surface area contributed by atoms with Crippen LogP contribution >= 0.6 is 0 Å². The summed E-state index contributed by atoms with van der Waals surface area (Å²) in [6.45, 7) is 8.98. The summed E-state index contributed by atoms with van der Waals surface area (Å²) in [7, 11) is 0. The molecular formula is C8H16O3. The van der Waals surface area contributed by atoms with Crippen LogP contribution in [-0.4, -0.2) is 22.6 Å². The lowest BCUT2D eigenvalue weighted by Crippen LogP contribution is -2.33. The Kier molecular flexibility index (Phi) is 4.33. The highest BCUT2D eigenvalue weighted by molar-refractivity contribution is 5.01. The summed E-state index contributed by atoms with van der Waals surface area (Å²) in [5.74, 6) is 0.0452. The SMILES string of the molecule is C=C(C)C(OO)C(O)C(C)C. The monoisotopic (exact) mass is 160 g/mol. The zero-order valence-corrected chi connectivity index (χ0v) is 7.24. The molecule has 0 aliphatic heterocycles. The smallest absolute Gasteiger partial charge is 0.139 e. The van der Waals surface area contributed by atoms with Crippen LogP contribution < -0.4 is 0 Å². The maximum absolute atomic E-state index is 9.41. The summed E-state index contributed by atoms with van der Waals surface area (Å²) < 4.78 is 0. The number of aliphatic hydroxyl groups excluding tert-OH is 1. The van der Waals surface area contributed by atoms with Crippen LogP contribution in [0.15, 0.2) is 12.2 Å². The molecule has 0 bridgehead atoms. The van der Waals surface area contributed by atoms with Crippen LogP contribution in [0.4, 0.5) is 0 Å². The van der Waals surface area contributed by atoms with Gasteiger partial charge in [0.15, 0.2) is 0 Å². The summed E-state index contributed by atoms with van der Waals surface area (Å²) in [6.07, 6.45) is -1.37. The first-order chi connectivity index (χ1) is 5.00. The fraction of sp³-hybridized carbons (Fsp3) is 0.750. The lowest BCUT2D eigenvalue weighted by Gasteiger charge is -2.22.